The molecule has 1 aliphatic carbocycles. The van der Waals surface area contributed by atoms with Crippen LogP contribution in [0.15, 0.2) is 36.9 Å². The molecule has 0 radical (unpaired) electrons. The average Bonchev–Trinajstić information content (AvgIpc) is 2.95. The number of amides is 1. The summed E-state index contributed by atoms with van der Waals surface area (Å²) in [5, 5.41) is 3.59. The molecule has 1 aromatic heterocycles. The lowest BCUT2D eigenvalue weighted by molar-refractivity contribution is 0.102. The van der Waals surface area contributed by atoms with Gasteiger partial charge in [0, 0.05) is 10.4 Å². The normalized spacial score (nSPS) is 13.3. The first-order valence-electron chi connectivity index (χ1n) is 7.40. The number of aryl methyl sites for hydroxylation is 2. The molecule has 5 heteroatoms. The number of carbonyl (C=O) groups is 1. The number of thiazole rings is 1. The number of ether oxygens (including phenoxy) is 1. The van der Waals surface area contributed by atoms with Crippen LogP contribution in [-0.2, 0) is 12.8 Å². The van der Waals surface area contributed by atoms with Crippen molar-refractivity contribution in [1.82, 2.24) is 4.98 Å². The molecule has 2 aromatic rings. The summed E-state index contributed by atoms with van der Waals surface area (Å²) in [6.07, 6.45) is 6.20. The van der Waals surface area contributed by atoms with Gasteiger partial charge < -0.3 is 4.74 Å². The van der Waals surface area contributed by atoms with E-state index >= 15 is 0 Å². The van der Waals surface area contributed by atoms with E-state index in [0.29, 0.717) is 17.3 Å². The van der Waals surface area contributed by atoms with Crippen LogP contribution < -0.4 is 10.1 Å². The van der Waals surface area contributed by atoms with Crippen molar-refractivity contribution in [3.8, 4) is 5.75 Å². The molecule has 0 bridgehead atoms. The molecular formula is C17H18N2O2S. The zero-order chi connectivity index (χ0) is 15.4. The zero-order valence-electron chi connectivity index (χ0n) is 12.3. The molecule has 0 saturated carbocycles. The highest BCUT2D eigenvalue weighted by Crippen LogP contribution is 2.29. The van der Waals surface area contributed by atoms with Gasteiger partial charge >= 0.3 is 0 Å². The second-order valence-electron chi connectivity index (χ2n) is 5.17. The third-order valence-corrected chi connectivity index (χ3v) is 4.62. The van der Waals surface area contributed by atoms with Crippen LogP contribution in [0.5, 0.6) is 5.75 Å². The van der Waals surface area contributed by atoms with Crippen LogP contribution in [0.3, 0.4) is 0 Å². The number of carbonyl (C=O) groups excluding carboxylic acids is 1. The van der Waals surface area contributed by atoms with Crippen molar-refractivity contribution in [2.24, 2.45) is 0 Å². The van der Waals surface area contributed by atoms with Crippen LogP contribution in [0, 0.1) is 0 Å². The largest absolute Gasteiger partial charge is 0.490 e. The van der Waals surface area contributed by atoms with Crippen LogP contribution in [0.2, 0.25) is 0 Å². The first-order valence-corrected chi connectivity index (χ1v) is 8.21. The minimum absolute atomic E-state index is 0.138. The summed E-state index contributed by atoms with van der Waals surface area (Å²) in [5.74, 6) is 0.586. The van der Waals surface area contributed by atoms with E-state index < -0.39 is 0 Å². The first-order chi connectivity index (χ1) is 10.8. The average molecular weight is 314 g/mol. The van der Waals surface area contributed by atoms with E-state index in [-0.39, 0.29) is 5.91 Å². The lowest BCUT2D eigenvalue weighted by atomic mass is 10.0. The number of hydrogen-bond donors (Lipinski definition) is 1. The van der Waals surface area contributed by atoms with Gasteiger partial charge in [0.05, 0.1) is 5.69 Å². The number of nitrogens with zero attached hydrogens (tertiary/aromatic N) is 1. The number of aromatic nitrogens is 1. The summed E-state index contributed by atoms with van der Waals surface area (Å²) in [7, 11) is 0. The van der Waals surface area contributed by atoms with Gasteiger partial charge in [0.25, 0.3) is 5.91 Å². The summed E-state index contributed by atoms with van der Waals surface area (Å²) >= 11 is 1.59. The Kier molecular flexibility index (Phi) is 4.53. The first kappa shape index (κ1) is 14.8. The third kappa shape index (κ3) is 3.36. The Morgan fingerprint density at radius 1 is 1.32 bits per heavy atom. The molecule has 1 amide bonds. The van der Waals surface area contributed by atoms with Gasteiger partial charge in [0.15, 0.2) is 5.13 Å². The monoisotopic (exact) mass is 314 g/mol. The smallest absolute Gasteiger partial charge is 0.257 e. The van der Waals surface area contributed by atoms with Crippen LogP contribution in [0.4, 0.5) is 5.13 Å². The van der Waals surface area contributed by atoms with E-state index in [1.54, 1.807) is 41.7 Å². The van der Waals surface area contributed by atoms with Gasteiger partial charge in [-0.25, -0.2) is 4.98 Å². The number of nitrogens with one attached hydrogen (secondary N) is 1. The fourth-order valence-corrected chi connectivity index (χ4v) is 3.48. The van der Waals surface area contributed by atoms with Gasteiger partial charge in [-0.15, -0.1) is 11.3 Å². The predicted molar refractivity (Wildman–Crippen MR) is 88.8 cm³/mol. The van der Waals surface area contributed by atoms with Crippen LogP contribution in [0.25, 0.3) is 0 Å². The maximum Gasteiger partial charge on any atom is 0.257 e. The minimum atomic E-state index is -0.138. The third-order valence-electron chi connectivity index (χ3n) is 3.55. The number of hydrogen-bond acceptors (Lipinski definition) is 4. The summed E-state index contributed by atoms with van der Waals surface area (Å²) < 4.78 is 5.40. The van der Waals surface area contributed by atoms with Gasteiger partial charge in [0.1, 0.15) is 12.4 Å². The van der Waals surface area contributed by atoms with E-state index in [2.05, 4.69) is 16.9 Å². The fourth-order valence-electron chi connectivity index (χ4n) is 2.43. The van der Waals surface area contributed by atoms with Crippen molar-refractivity contribution >= 4 is 22.4 Å². The molecule has 1 aliphatic rings. The number of fused-ring (bicyclic) bond motifs is 1. The number of benzene rings is 1. The van der Waals surface area contributed by atoms with E-state index in [1.807, 2.05) is 0 Å². The fraction of sp³-hybridized carbons (Fsp3) is 0.294. The number of anilines is 1. The zero-order valence-corrected chi connectivity index (χ0v) is 13.1. The van der Waals surface area contributed by atoms with Crippen LogP contribution in [-0.4, -0.2) is 17.5 Å². The second-order valence-corrected chi connectivity index (χ2v) is 6.26. The topological polar surface area (TPSA) is 51.2 Å². The Balaban J connectivity index is 1.66. The molecule has 4 nitrogen and oxygen atoms in total. The van der Waals surface area contributed by atoms with E-state index in [4.69, 9.17) is 4.74 Å². The highest BCUT2D eigenvalue weighted by Gasteiger charge is 2.16. The van der Waals surface area contributed by atoms with E-state index in [0.717, 1.165) is 24.3 Å². The molecule has 0 aliphatic heterocycles. The molecule has 114 valence electrons. The van der Waals surface area contributed by atoms with Gasteiger partial charge in [-0.3, -0.25) is 10.1 Å². The molecule has 1 heterocycles. The van der Waals surface area contributed by atoms with Crippen molar-refractivity contribution in [3.63, 3.8) is 0 Å². The molecule has 0 spiro atoms. The Bertz CT molecular complexity index is 653. The van der Waals surface area contributed by atoms with Gasteiger partial charge in [-0.05, 0) is 49.9 Å². The Morgan fingerprint density at radius 3 is 2.82 bits per heavy atom. The molecule has 3 rings (SSSR count). The maximum atomic E-state index is 12.3. The standard InChI is InChI=1S/C17H18N2O2S/c1-2-11-21-13-9-7-12(8-10-13)16(20)19-17-18-14-5-3-4-6-15(14)22-17/h2,7-10H,1,3-6,11H2,(H,18,19,20). The molecule has 0 saturated heterocycles. The van der Waals surface area contributed by atoms with Gasteiger partial charge in [-0.2, -0.15) is 0 Å². The highest BCUT2D eigenvalue weighted by atomic mass is 32.1. The molecule has 1 N–H and O–H groups in total. The second kappa shape index (κ2) is 6.75. The summed E-state index contributed by atoms with van der Waals surface area (Å²) in [5.41, 5.74) is 1.75. The SMILES string of the molecule is C=CCOc1ccc(C(=O)Nc2nc3c(s2)CCCC3)cc1. The molecule has 0 fully saturated rings. The Hall–Kier alpha value is -2.14. The molecule has 0 unspecified atom stereocenters. The molecule has 1 aromatic carbocycles. The maximum absolute atomic E-state index is 12.3. The van der Waals surface area contributed by atoms with Crippen molar-refractivity contribution < 1.29 is 9.53 Å². The quantitative estimate of drug-likeness (QED) is 0.853. The van der Waals surface area contributed by atoms with E-state index in [9.17, 15) is 4.79 Å². The summed E-state index contributed by atoms with van der Waals surface area (Å²) in [6.45, 7) is 4.06. The summed E-state index contributed by atoms with van der Waals surface area (Å²) in [6, 6.07) is 7.07. The molecule has 22 heavy (non-hydrogen) atoms. The van der Waals surface area contributed by atoms with Gasteiger partial charge in [-0.1, -0.05) is 12.7 Å². The van der Waals surface area contributed by atoms with Crippen molar-refractivity contribution in [2.75, 3.05) is 11.9 Å². The van der Waals surface area contributed by atoms with E-state index in [1.165, 1.54) is 17.7 Å². The van der Waals surface area contributed by atoms with Crippen LogP contribution >= 0.6 is 11.3 Å². The van der Waals surface area contributed by atoms with Crippen LogP contribution in [0.1, 0.15) is 33.8 Å². The minimum Gasteiger partial charge on any atom is -0.490 e. The molecule has 0 atom stereocenters. The van der Waals surface area contributed by atoms with Crippen molar-refractivity contribution in [2.45, 2.75) is 25.7 Å². The Labute approximate surface area is 133 Å². The van der Waals surface area contributed by atoms with Crippen molar-refractivity contribution in [1.29, 1.82) is 0 Å². The summed E-state index contributed by atoms with van der Waals surface area (Å²) in [4.78, 5) is 18.1. The number of rotatable bonds is 5. The predicted octanol–water partition coefficient (Wildman–Crippen LogP) is 3.84. The highest BCUT2D eigenvalue weighted by molar-refractivity contribution is 7.15. The lowest BCUT2D eigenvalue weighted by Crippen LogP contribution is -2.11. The van der Waals surface area contributed by atoms with Crippen molar-refractivity contribution in [3.05, 3.63) is 53.1 Å². The molecular weight excluding hydrogens is 296 g/mol. The van der Waals surface area contributed by atoms with Gasteiger partial charge in [0.2, 0.25) is 0 Å². The lowest BCUT2D eigenvalue weighted by Gasteiger charge is -2.06. The Morgan fingerprint density at radius 2 is 2.09 bits per heavy atom.